The summed E-state index contributed by atoms with van der Waals surface area (Å²) in [5.74, 6) is -0.973. The third-order valence-corrected chi connectivity index (χ3v) is 7.39. The molecule has 2 aliphatic rings. The molecule has 0 N–H and O–H groups in total. The van der Waals surface area contributed by atoms with Crippen molar-refractivity contribution in [2.45, 2.75) is 90.4 Å². The maximum absolute atomic E-state index is 13.7. The van der Waals surface area contributed by atoms with Gasteiger partial charge < -0.3 is 4.74 Å². The highest BCUT2D eigenvalue weighted by Crippen LogP contribution is 2.42. The predicted molar refractivity (Wildman–Crippen MR) is 111 cm³/mol. The van der Waals surface area contributed by atoms with E-state index in [1.54, 1.807) is 0 Å². The highest BCUT2D eigenvalue weighted by Gasteiger charge is 2.31. The first-order valence-corrected chi connectivity index (χ1v) is 11.8. The van der Waals surface area contributed by atoms with Gasteiger partial charge in [0.05, 0.1) is 6.61 Å². The molecule has 0 saturated heterocycles. The summed E-state index contributed by atoms with van der Waals surface area (Å²) in [4.78, 5) is 0. The summed E-state index contributed by atoms with van der Waals surface area (Å²) < 4.78 is 45.5. The van der Waals surface area contributed by atoms with Crippen molar-refractivity contribution in [1.29, 1.82) is 0 Å². The number of unbranched alkanes of at least 4 members (excludes halogenated alkanes) is 3. The van der Waals surface area contributed by atoms with Gasteiger partial charge in [-0.2, -0.15) is 4.39 Å². The highest BCUT2D eigenvalue weighted by molar-refractivity contribution is 5.26. The fraction of sp³-hybridized carbons (Fsp3) is 0.760. The molecule has 2 aliphatic carbocycles. The second-order valence-corrected chi connectivity index (χ2v) is 9.40. The van der Waals surface area contributed by atoms with E-state index in [2.05, 4.69) is 6.92 Å². The second kappa shape index (κ2) is 11.3. The number of ether oxygens (including phenoxy) is 1. The molecule has 1 nitrogen and oxygen atoms in total. The monoisotopic (exact) mass is 410 g/mol. The lowest BCUT2D eigenvalue weighted by atomic mass is 9.69. The minimum Gasteiger partial charge on any atom is -0.490 e. The minimum atomic E-state index is -1.45. The number of rotatable bonds is 9. The Labute approximate surface area is 174 Å². The van der Waals surface area contributed by atoms with Gasteiger partial charge in [-0.25, -0.2) is 8.78 Å². The van der Waals surface area contributed by atoms with E-state index in [4.69, 9.17) is 4.74 Å². The Morgan fingerprint density at radius 3 is 2.00 bits per heavy atom. The van der Waals surface area contributed by atoms with Crippen molar-refractivity contribution in [2.75, 3.05) is 6.61 Å². The molecule has 0 aromatic heterocycles. The van der Waals surface area contributed by atoms with E-state index in [1.807, 2.05) is 0 Å². The Balaban J connectivity index is 1.34. The Morgan fingerprint density at radius 1 is 0.759 bits per heavy atom. The van der Waals surface area contributed by atoms with E-state index in [0.29, 0.717) is 12.5 Å². The summed E-state index contributed by atoms with van der Waals surface area (Å²) >= 11 is 0. The zero-order valence-electron chi connectivity index (χ0n) is 17.9. The van der Waals surface area contributed by atoms with Crippen molar-refractivity contribution >= 4 is 0 Å². The number of halogens is 3. The van der Waals surface area contributed by atoms with Crippen LogP contribution in [-0.4, -0.2) is 6.61 Å². The summed E-state index contributed by atoms with van der Waals surface area (Å²) in [5.41, 5.74) is 0. The van der Waals surface area contributed by atoms with Crippen LogP contribution in [0, 0.1) is 41.1 Å². The van der Waals surface area contributed by atoms with E-state index in [-0.39, 0.29) is 5.75 Å². The van der Waals surface area contributed by atoms with Crippen molar-refractivity contribution < 1.29 is 17.9 Å². The predicted octanol–water partition coefficient (Wildman–Crippen LogP) is 8.07. The normalized spacial score (nSPS) is 27.7. The van der Waals surface area contributed by atoms with Crippen molar-refractivity contribution in [3.63, 3.8) is 0 Å². The van der Waals surface area contributed by atoms with Crippen molar-refractivity contribution in [2.24, 2.45) is 23.7 Å². The summed E-state index contributed by atoms with van der Waals surface area (Å²) in [6.07, 6.45) is 17.2. The fourth-order valence-electron chi connectivity index (χ4n) is 5.46. The lowest BCUT2D eigenvalue weighted by Gasteiger charge is -2.38. The van der Waals surface area contributed by atoms with E-state index in [0.717, 1.165) is 36.7 Å². The molecule has 29 heavy (non-hydrogen) atoms. The SMILES string of the molecule is CCCCCC[C@H]1CC[C@H]([C@H]2CC[C@H](COc3ccc(F)c(F)c3F)CC2)CC1. The van der Waals surface area contributed by atoms with Gasteiger partial charge in [-0.3, -0.25) is 0 Å². The molecular weight excluding hydrogens is 373 g/mol. The van der Waals surface area contributed by atoms with Crippen LogP contribution in [0.1, 0.15) is 90.4 Å². The lowest BCUT2D eigenvalue weighted by Crippen LogP contribution is -2.27. The number of hydrogen-bond donors (Lipinski definition) is 0. The minimum absolute atomic E-state index is 0.178. The molecule has 1 aromatic rings. The van der Waals surface area contributed by atoms with Crippen LogP contribution in [0.25, 0.3) is 0 Å². The van der Waals surface area contributed by atoms with Gasteiger partial charge >= 0.3 is 0 Å². The lowest BCUT2D eigenvalue weighted by molar-refractivity contribution is 0.120. The molecule has 2 fully saturated rings. The maximum atomic E-state index is 13.7. The fourth-order valence-corrected chi connectivity index (χ4v) is 5.46. The van der Waals surface area contributed by atoms with Gasteiger partial charge in [0.2, 0.25) is 5.82 Å². The van der Waals surface area contributed by atoms with Crippen molar-refractivity contribution in [3.05, 3.63) is 29.6 Å². The van der Waals surface area contributed by atoms with Crippen LogP contribution in [0.3, 0.4) is 0 Å². The number of benzene rings is 1. The molecule has 0 aliphatic heterocycles. The van der Waals surface area contributed by atoms with Crippen molar-refractivity contribution in [1.82, 2.24) is 0 Å². The average Bonchev–Trinajstić information content (AvgIpc) is 2.75. The van der Waals surface area contributed by atoms with Gasteiger partial charge in [0.15, 0.2) is 17.4 Å². The molecule has 164 valence electrons. The van der Waals surface area contributed by atoms with Crippen LogP contribution < -0.4 is 4.74 Å². The molecule has 3 rings (SSSR count). The van der Waals surface area contributed by atoms with E-state index < -0.39 is 17.5 Å². The molecule has 0 bridgehead atoms. The molecule has 1 aromatic carbocycles. The first-order chi connectivity index (χ1) is 14.1. The average molecular weight is 411 g/mol. The molecule has 0 spiro atoms. The smallest absolute Gasteiger partial charge is 0.203 e. The quantitative estimate of drug-likeness (QED) is 0.295. The van der Waals surface area contributed by atoms with Crippen LogP contribution >= 0.6 is 0 Å². The van der Waals surface area contributed by atoms with Gasteiger partial charge in [0.25, 0.3) is 0 Å². The Morgan fingerprint density at radius 2 is 1.38 bits per heavy atom. The standard InChI is InChI=1S/C25H37F3O/c1-2-3-4-5-6-18-7-11-20(12-8-18)21-13-9-19(10-14-21)17-29-23-16-15-22(26)24(27)25(23)28/h15-16,18-21H,2-14,17H2,1H3/t18-,19-,20-,21-. The first kappa shape index (κ1) is 22.5. The van der Waals surface area contributed by atoms with E-state index >= 15 is 0 Å². The topological polar surface area (TPSA) is 9.23 Å². The highest BCUT2D eigenvalue weighted by atomic mass is 19.2. The number of hydrogen-bond acceptors (Lipinski definition) is 1. The van der Waals surface area contributed by atoms with Gasteiger partial charge in [0, 0.05) is 0 Å². The van der Waals surface area contributed by atoms with Gasteiger partial charge in [-0.1, -0.05) is 51.9 Å². The molecule has 4 heteroatoms. The molecule has 0 atom stereocenters. The van der Waals surface area contributed by atoms with E-state index in [1.165, 1.54) is 76.7 Å². The summed E-state index contributed by atoms with van der Waals surface area (Å²) in [7, 11) is 0. The largest absolute Gasteiger partial charge is 0.490 e. The van der Waals surface area contributed by atoms with Crippen molar-refractivity contribution in [3.8, 4) is 5.75 Å². The van der Waals surface area contributed by atoms with Gasteiger partial charge in [-0.15, -0.1) is 0 Å². The summed E-state index contributed by atoms with van der Waals surface area (Å²) in [6.45, 7) is 2.66. The Kier molecular flexibility index (Phi) is 8.74. The third kappa shape index (κ3) is 6.39. The molecule has 0 unspecified atom stereocenters. The molecule has 2 saturated carbocycles. The van der Waals surface area contributed by atoms with Gasteiger partial charge in [-0.05, 0) is 74.3 Å². The zero-order valence-corrected chi connectivity index (χ0v) is 17.9. The van der Waals surface area contributed by atoms with Crippen LogP contribution in [0.4, 0.5) is 13.2 Å². The van der Waals surface area contributed by atoms with Crippen LogP contribution in [0.2, 0.25) is 0 Å². The summed E-state index contributed by atoms with van der Waals surface area (Å²) in [5, 5.41) is 0. The van der Waals surface area contributed by atoms with Crippen LogP contribution in [0.5, 0.6) is 5.75 Å². The van der Waals surface area contributed by atoms with Crippen LogP contribution in [-0.2, 0) is 0 Å². The third-order valence-electron chi connectivity index (χ3n) is 7.39. The maximum Gasteiger partial charge on any atom is 0.203 e. The Hall–Kier alpha value is -1.19. The molecule has 0 amide bonds. The zero-order chi connectivity index (χ0) is 20.6. The molecule has 0 radical (unpaired) electrons. The molecular formula is C25H37F3O. The molecule has 0 heterocycles. The van der Waals surface area contributed by atoms with E-state index in [9.17, 15) is 13.2 Å². The Bertz CT molecular complexity index is 617. The van der Waals surface area contributed by atoms with Gasteiger partial charge in [0.1, 0.15) is 0 Å². The summed E-state index contributed by atoms with van der Waals surface area (Å²) in [6, 6.07) is 2.10. The van der Waals surface area contributed by atoms with Crippen LogP contribution in [0.15, 0.2) is 12.1 Å². The second-order valence-electron chi connectivity index (χ2n) is 9.40. The first-order valence-electron chi connectivity index (χ1n) is 11.8.